The van der Waals surface area contributed by atoms with Crippen LogP contribution in [0.3, 0.4) is 0 Å². The fraction of sp³-hybridized carbons (Fsp3) is 1.00. The fourth-order valence-corrected chi connectivity index (χ4v) is 2.80. The maximum Gasteiger partial charge on any atom is 0.0825 e. The molecule has 0 saturated heterocycles. The van der Waals surface area contributed by atoms with Crippen LogP contribution in [0.4, 0.5) is 0 Å². The average Bonchev–Trinajstić information content (AvgIpc) is 2.38. The van der Waals surface area contributed by atoms with Crippen molar-refractivity contribution in [2.45, 2.75) is 83.8 Å². The Morgan fingerprint density at radius 2 is 1.59 bits per heavy atom. The molecule has 104 valence electrons. The summed E-state index contributed by atoms with van der Waals surface area (Å²) in [7, 11) is 3.92. The highest BCUT2D eigenvalue weighted by Gasteiger charge is 2.34. The minimum atomic E-state index is 0.0273. The monoisotopic (exact) mass is 243 g/mol. The van der Waals surface area contributed by atoms with E-state index in [1.54, 1.807) is 0 Å². The highest BCUT2D eigenvalue weighted by atomic mass is 16.5. The summed E-state index contributed by atoms with van der Waals surface area (Å²) >= 11 is 0. The molecule has 0 amide bonds. The van der Waals surface area contributed by atoms with E-state index in [0.717, 1.165) is 12.8 Å². The molecule has 0 aromatic rings. The van der Waals surface area contributed by atoms with Crippen LogP contribution in [0, 0.1) is 0 Å². The molecule has 2 heteroatoms. The lowest BCUT2D eigenvalue weighted by atomic mass is 9.85. The molecule has 0 rings (SSSR count). The molecule has 0 radical (unpaired) electrons. The van der Waals surface area contributed by atoms with E-state index in [2.05, 4.69) is 33.1 Å². The minimum Gasteiger partial charge on any atom is -0.377 e. The molecule has 0 aliphatic heterocycles. The predicted molar refractivity (Wildman–Crippen MR) is 76.5 cm³/mol. The molecule has 1 unspecified atom stereocenters. The lowest BCUT2D eigenvalue weighted by molar-refractivity contribution is -0.0481. The van der Waals surface area contributed by atoms with E-state index in [-0.39, 0.29) is 5.60 Å². The van der Waals surface area contributed by atoms with Crippen LogP contribution in [-0.4, -0.2) is 25.8 Å². The van der Waals surface area contributed by atoms with Crippen molar-refractivity contribution in [1.29, 1.82) is 0 Å². The van der Waals surface area contributed by atoms with E-state index >= 15 is 0 Å². The number of hydrogen-bond acceptors (Lipinski definition) is 2. The third kappa shape index (κ3) is 5.39. The van der Waals surface area contributed by atoms with Crippen molar-refractivity contribution in [1.82, 2.24) is 5.32 Å². The van der Waals surface area contributed by atoms with Crippen LogP contribution in [0.5, 0.6) is 0 Å². The van der Waals surface area contributed by atoms with Gasteiger partial charge in [-0.3, -0.25) is 0 Å². The summed E-state index contributed by atoms with van der Waals surface area (Å²) in [4.78, 5) is 0. The molecule has 0 saturated carbocycles. The molecular formula is C15H33NO. The number of rotatable bonds is 11. The minimum absolute atomic E-state index is 0.0273. The van der Waals surface area contributed by atoms with Gasteiger partial charge in [-0.05, 0) is 26.3 Å². The molecule has 17 heavy (non-hydrogen) atoms. The van der Waals surface area contributed by atoms with Crippen LogP contribution in [0.25, 0.3) is 0 Å². The maximum absolute atomic E-state index is 5.80. The van der Waals surface area contributed by atoms with Crippen molar-refractivity contribution >= 4 is 0 Å². The van der Waals surface area contributed by atoms with Crippen LogP contribution in [0.1, 0.15) is 72.1 Å². The predicted octanol–water partition coefficient (Wildman–Crippen LogP) is 4.14. The Labute approximate surface area is 109 Å². The van der Waals surface area contributed by atoms with Crippen molar-refractivity contribution in [2.24, 2.45) is 0 Å². The molecule has 0 fully saturated rings. The summed E-state index contributed by atoms with van der Waals surface area (Å²) in [6.45, 7) is 6.73. The fourth-order valence-electron chi connectivity index (χ4n) is 2.80. The van der Waals surface area contributed by atoms with Gasteiger partial charge in [0, 0.05) is 13.2 Å². The van der Waals surface area contributed by atoms with Gasteiger partial charge >= 0.3 is 0 Å². The second kappa shape index (κ2) is 9.90. The van der Waals surface area contributed by atoms with Gasteiger partial charge in [-0.25, -0.2) is 0 Å². The summed E-state index contributed by atoms with van der Waals surface area (Å²) < 4.78 is 5.80. The summed E-state index contributed by atoms with van der Waals surface area (Å²) in [6.07, 6.45) is 10.2. The van der Waals surface area contributed by atoms with Gasteiger partial charge in [0.05, 0.1) is 5.60 Å². The van der Waals surface area contributed by atoms with Crippen LogP contribution in [0.2, 0.25) is 0 Å². The largest absolute Gasteiger partial charge is 0.377 e. The Kier molecular flexibility index (Phi) is 9.85. The zero-order valence-corrected chi connectivity index (χ0v) is 12.6. The number of nitrogens with one attached hydrogen (secondary N) is 1. The first kappa shape index (κ1) is 16.9. The van der Waals surface area contributed by atoms with Gasteiger partial charge in [0.15, 0.2) is 0 Å². The van der Waals surface area contributed by atoms with Crippen molar-refractivity contribution < 1.29 is 4.74 Å². The third-order valence-electron chi connectivity index (χ3n) is 4.18. The Balaban J connectivity index is 4.11. The molecule has 0 aliphatic carbocycles. The summed E-state index contributed by atoms with van der Waals surface area (Å²) in [6, 6.07) is 0.490. The smallest absolute Gasteiger partial charge is 0.0825 e. The Hall–Kier alpha value is -0.0800. The Morgan fingerprint density at radius 1 is 1.00 bits per heavy atom. The van der Waals surface area contributed by atoms with E-state index in [9.17, 15) is 0 Å². The average molecular weight is 243 g/mol. The number of hydrogen-bond donors (Lipinski definition) is 1. The Bertz CT molecular complexity index is 158. The van der Waals surface area contributed by atoms with Crippen molar-refractivity contribution in [3.05, 3.63) is 0 Å². The van der Waals surface area contributed by atoms with E-state index < -0.39 is 0 Å². The molecule has 0 aliphatic rings. The number of unbranched alkanes of at least 4 members (excludes halogenated alkanes) is 4. The van der Waals surface area contributed by atoms with Crippen LogP contribution < -0.4 is 5.32 Å². The molecule has 1 atom stereocenters. The highest BCUT2D eigenvalue weighted by molar-refractivity contribution is 4.90. The molecule has 0 heterocycles. The first-order valence-corrected chi connectivity index (χ1v) is 7.43. The molecular weight excluding hydrogens is 210 g/mol. The quantitative estimate of drug-likeness (QED) is 0.551. The normalized spacial score (nSPS) is 13.9. The SMILES string of the molecule is CCCCCCCC(NC)C(CC)(CC)OC. The standard InChI is InChI=1S/C15H33NO/c1-6-9-10-11-12-13-14(16-4)15(7-2,8-3)17-5/h14,16H,6-13H2,1-5H3. The second-order valence-electron chi connectivity index (χ2n) is 5.02. The lowest BCUT2D eigenvalue weighted by Crippen LogP contribution is -2.50. The first-order valence-electron chi connectivity index (χ1n) is 7.43. The van der Waals surface area contributed by atoms with E-state index in [1.165, 1.54) is 38.5 Å². The van der Waals surface area contributed by atoms with Gasteiger partial charge in [-0.1, -0.05) is 52.9 Å². The van der Waals surface area contributed by atoms with Gasteiger partial charge in [-0.2, -0.15) is 0 Å². The van der Waals surface area contributed by atoms with E-state index in [0.29, 0.717) is 6.04 Å². The van der Waals surface area contributed by atoms with Gasteiger partial charge in [0.1, 0.15) is 0 Å². The number of ether oxygens (including phenoxy) is 1. The van der Waals surface area contributed by atoms with Crippen LogP contribution >= 0.6 is 0 Å². The second-order valence-corrected chi connectivity index (χ2v) is 5.02. The third-order valence-corrected chi connectivity index (χ3v) is 4.18. The van der Waals surface area contributed by atoms with Crippen molar-refractivity contribution in [3.8, 4) is 0 Å². The topological polar surface area (TPSA) is 21.3 Å². The number of likely N-dealkylation sites (N-methyl/N-ethyl adjacent to an activating group) is 1. The number of methoxy groups -OCH3 is 1. The zero-order chi connectivity index (χ0) is 13.1. The molecule has 1 N–H and O–H groups in total. The summed E-state index contributed by atoms with van der Waals surface area (Å²) in [5.41, 5.74) is 0.0273. The van der Waals surface area contributed by atoms with Gasteiger partial charge in [0.25, 0.3) is 0 Å². The maximum atomic E-state index is 5.80. The molecule has 2 nitrogen and oxygen atoms in total. The van der Waals surface area contributed by atoms with Crippen molar-refractivity contribution in [2.75, 3.05) is 14.2 Å². The Morgan fingerprint density at radius 3 is 2.00 bits per heavy atom. The summed E-state index contributed by atoms with van der Waals surface area (Å²) in [5.74, 6) is 0. The molecule has 0 bridgehead atoms. The molecule has 0 aromatic carbocycles. The lowest BCUT2D eigenvalue weighted by Gasteiger charge is -2.38. The van der Waals surface area contributed by atoms with Crippen molar-refractivity contribution in [3.63, 3.8) is 0 Å². The molecule has 0 spiro atoms. The van der Waals surface area contributed by atoms with Gasteiger partial charge < -0.3 is 10.1 Å². The van der Waals surface area contributed by atoms with E-state index in [1.807, 2.05) is 7.11 Å². The first-order chi connectivity index (χ1) is 8.20. The van der Waals surface area contributed by atoms with Gasteiger partial charge in [-0.15, -0.1) is 0 Å². The van der Waals surface area contributed by atoms with Gasteiger partial charge in [0.2, 0.25) is 0 Å². The van der Waals surface area contributed by atoms with Crippen LogP contribution in [-0.2, 0) is 4.74 Å². The summed E-state index contributed by atoms with van der Waals surface area (Å²) in [5, 5.41) is 3.46. The zero-order valence-electron chi connectivity index (χ0n) is 12.6. The van der Waals surface area contributed by atoms with E-state index in [4.69, 9.17) is 4.74 Å². The molecule has 0 aromatic heterocycles. The highest BCUT2D eigenvalue weighted by Crippen LogP contribution is 2.27. The van der Waals surface area contributed by atoms with Crippen LogP contribution in [0.15, 0.2) is 0 Å².